The Morgan fingerprint density at radius 2 is 1.92 bits per heavy atom. The normalized spacial score (nSPS) is 32.2. The van der Waals surface area contributed by atoms with Gasteiger partial charge in [-0.05, 0) is 6.08 Å². The van der Waals surface area contributed by atoms with Crippen LogP contribution in [0.3, 0.4) is 0 Å². The van der Waals surface area contributed by atoms with Gasteiger partial charge in [0.15, 0.2) is 0 Å². The lowest BCUT2D eigenvalue weighted by Crippen LogP contribution is -2.52. The van der Waals surface area contributed by atoms with Gasteiger partial charge in [0.25, 0.3) is 11.8 Å². The summed E-state index contributed by atoms with van der Waals surface area (Å²) in [6.45, 7) is 0. The Hall–Kier alpha value is -1.85. The maximum Gasteiger partial charge on any atom is 0.323 e. The average molecular weight is 167 g/mol. The van der Waals surface area contributed by atoms with E-state index in [1.54, 1.807) is 0 Å². The highest BCUT2D eigenvalue weighted by Crippen LogP contribution is 2.16. The first kappa shape index (κ1) is 6.84. The molecule has 0 saturated carbocycles. The predicted octanol–water partition coefficient (Wildman–Crippen LogP) is -1.79. The van der Waals surface area contributed by atoms with Crippen LogP contribution in [0.25, 0.3) is 0 Å². The maximum atomic E-state index is 11.1. The van der Waals surface area contributed by atoms with Crippen molar-refractivity contribution in [3.05, 3.63) is 12.3 Å². The number of urea groups is 1. The lowest BCUT2D eigenvalue weighted by Gasteiger charge is -2.13. The molecule has 2 aliphatic rings. The van der Waals surface area contributed by atoms with Crippen LogP contribution in [0.2, 0.25) is 0 Å². The number of imide groups is 1. The fraction of sp³-hybridized carbons (Fsp3) is 0.167. The zero-order valence-electron chi connectivity index (χ0n) is 5.88. The van der Waals surface area contributed by atoms with Crippen molar-refractivity contribution in [2.45, 2.75) is 5.54 Å². The van der Waals surface area contributed by atoms with Gasteiger partial charge in [-0.1, -0.05) is 0 Å². The molecule has 4 amide bonds. The van der Waals surface area contributed by atoms with E-state index in [9.17, 15) is 14.4 Å². The second-order valence-electron chi connectivity index (χ2n) is 2.52. The Labute approximate surface area is 67.0 Å². The fourth-order valence-corrected chi connectivity index (χ4v) is 1.18. The summed E-state index contributed by atoms with van der Waals surface area (Å²) < 4.78 is 0. The largest absolute Gasteiger partial charge is 0.330 e. The van der Waals surface area contributed by atoms with Crippen molar-refractivity contribution in [1.29, 1.82) is 0 Å². The monoisotopic (exact) mass is 167 g/mol. The molecule has 1 spiro atoms. The van der Waals surface area contributed by atoms with Crippen LogP contribution in [-0.4, -0.2) is 23.4 Å². The predicted molar refractivity (Wildman–Crippen MR) is 36.7 cm³/mol. The standard InChI is InChI=1S/C6H5N3O3/c10-3-6(1-2-7-3)4(11)8-5(12)9-6/h1-2H,(H,7,10)(H2,8,9,11,12). The van der Waals surface area contributed by atoms with Gasteiger partial charge in [0.2, 0.25) is 5.54 Å². The van der Waals surface area contributed by atoms with E-state index >= 15 is 0 Å². The minimum Gasteiger partial charge on any atom is -0.330 e. The second-order valence-corrected chi connectivity index (χ2v) is 2.52. The summed E-state index contributed by atoms with van der Waals surface area (Å²) in [6.07, 6.45) is 2.64. The summed E-state index contributed by atoms with van der Waals surface area (Å²) in [5.74, 6) is -1.18. The van der Waals surface area contributed by atoms with Gasteiger partial charge in [-0.3, -0.25) is 14.9 Å². The van der Waals surface area contributed by atoms with E-state index < -0.39 is 23.4 Å². The van der Waals surface area contributed by atoms with Crippen LogP contribution in [-0.2, 0) is 9.59 Å². The number of rotatable bonds is 0. The number of carbonyl (C=O) groups excluding carboxylic acids is 3. The first-order chi connectivity index (χ1) is 5.65. The Balaban J connectivity index is 2.44. The van der Waals surface area contributed by atoms with Crippen molar-refractivity contribution in [3.8, 4) is 0 Å². The van der Waals surface area contributed by atoms with Crippen LogP contribution in [0, 0.1) is 0 Å². The molecule has 1 atom stereocenters. The number of nitrogens with one attached hydrogen (secondary N) is 3. The van der Waals surface area contributed by atoms with Crippen molar-refractivity contribution < 1.29 is 14.4 Å². The van der Waals surface area contributed by atoms with Crippen molar-refractivity contribution in [2.24, 2.45) is 0 Å². The second kappa shape index (κ2) is 1.84. The summed E-state index contributed by atoms with van der Waals surface area (Å²) >= 11 is 0. The Morgan fingerprint density at radius 1 is 1.17 bits per heavy atom. The molecule has 0 radical (unpaired) electrons. The highest BCUT2D eigenvalue weighted by Gasteiger charge is 2.52. The van der Waals surface area contributed by atoms with E-state index in [2.05, 4.69) is 10.6 Å². The van der Waals surface area contributed by atoms with Gasteiger partial charge in [-0.15, -0.1) is 0 Å². The third-order valence-electron chi connectivity index (χ3n) is 1.80. The molecule has 62 valence electrons. The molecule has 0 bridgehead atoms. The average Bonchev–Trinajstić information content (AvgIpc) is 2.44. The lowest BCUT2D eigenvalue weighted by atomic mass is 10.0. The van der Waals surface area contributed by atoms with E-state index in [0.29, 0.717) is 0 Å². The van der Waals surface area contributed by atoms with E-state index in [1.807, 2.05) is 5.32 Å². The fourth-order valence-electron chi connectivity index (χ4n) is 1.18. The Bertz CT molecular complexity index is 322. The summed E-state index contributed by atoms with van der Waals surface area (Å²) in [4.78, 5) is 32.9. The SMILES string of the molecule is O=C1NC(=O)C2(C=CNC2=O)N1. The molecule has 6 nitrogen and oxygen atoms in total. The zero-order chi connectivity index (χ0) is 8.77. The molecule has 1 fully saturated rings. The molecule has 2 heterocycles. The molecule has 0 aromatic carbocycles. The molecule has 0 aromatic heterocycles. The summed E-state index contributed by atoms with van der Waals surface area (Å²) in [5.41, 5.74) is -1.50. The molecular weight excluding hydrogens is 162 g/mol. The minimum atomic E-state index is -1.50. The summed E-state index contributed by atoms with van der Waals surface area (Å²) in [6, 6.07) is -0.651. The number of hydrogen-bond donors (Lipinski definition) is 3. The summed E-state index contributed by atoms with van der Waals surface area (Å²) in [5, 5.41) is 6.52. The number of amides is 4. The van der Waals surface area contributed by atoms with Crippen LogP contribution >= 0.6 is 0 Å². The third-order valence-corrected chi connectivity index (χ3v) is 1.80. The topological polar surface area (TPSA) is 87.3 Å². The molecule has 2 aliphatic heterocycles. The van der Waals surface area contributed by atoms with Gasteiger partial charge in [0.1, 0.15) is 0 Å². The minimum absolute atomic E-state index is 0.536. The maximum absolute atomic E-state index is 11.1. The zero-order valence-corrected chi connectivity index (χ0v) is 5.88. The quantitative estimate of drug-likeness (QED) is 0.294. The summed E-state index contributed by atoms with van der Waals surface area (Å²) in [7, 11) is 0. The van der Waals surface area contributed by atoms with E-state index in [-0.39, 0.29) is 0 Å². The molecule has 0 aromatic rings. The molecular formula is C6H5N3O3. The smallest absolute Gasteiger partial charge is 0.323 e. The Kier molecular flexibility index (Phi) is 1.05. The van der Waals surface area contributed by atoms with Gasteiger partial charge >= 0.3 is 6.03 Å². The van der Waals surface area contributed by atoms with Crippen molar-refractivity contribution in [3.63, 3.8) is 0 Å². The van der Waals surface area contributed by atoms with E-state index in [1.165, 1.54) is 12.3 Å². The first-order valence-electron chi connectivity index (χ1n) is 3.27. The van der Waals surface area contributed by atoms with Gasteiger partial charge in [0, 0.05) is 6.20 Å². The van der Waals surface area contributed by atoms with Crippen molar-refractivity contribution in [2.75, 3.05) is 0 Å². The molecule has 3 N–H and O–H groups in total. The van der Waals surface area contributed by atoms with Gasteiger partial charge in [-0.2, -0.15) is 0 Å². The highest BCUT2D eigenvalue weighted by molar-refractivity contribution is 6.23. The van der Waals surface area contributed by atoms with Crippen molar-refractivity contribution >= 4 is 17.8 Å². The Morgan fingerprint density at radius 3 is 2.33 bits per heavy atom. The first-order valence-corrected chi connectivity index (χ1v) is 3.27. The highest BCUT2D eigenvalue weighted by atomic mass is 16.2. The van der Waals surface area contributed by atoms with E-state index in [4.69, 9.17) is 0 Å². The molecule has 2 rings (SSSR count). The van der Waals surface area contributed by atoms with Crippen LogP contribution in [0.15, 0.2) is 12.3 Å². The van der Waals surface area contributed by atoms with Gasteiger partial charge in [0.05, 0.1) is 0 Å². The van der Waals surface area contributed by atoms with Crippen LogP contribution in [0.4, 0.5) is 4.79 Å². The molecule has 1 saturated heterocycles. The molecule has 0 aliphatic carbocycles. The van der Waals surface area contributed by atoms with Gasteiger partial charge in [-0.25, -0.2) is 4.79 Å². The van der Waals surface area contributed by atoms with Crippen LogP contribution < -0.4 is 16.0 Å². The van der Waals surface area contributed by atoms with Crippen molar-refractivity contribution in [1.82, 2.24) is 16.0 Å². The van der Waals surface area contributed by atoms with Gasteiger partial charge < -0.3 is 10.6 Å². The number of carbonyl (C=O) groups is 3. The van der Waals surface area contributed by atoms with Crippen LogP contribution in [0.5, 0.6) is 0 Å². The van der Waals surface area contributed by atoms with E-state index in [0.717, 1.165) is 0 Å². The molecule has 1 unspecified atom stereocenters. The molecule has 12 heavy (non-hydrogen) atoms. The molecule has 6 heteroatoms. The van der Waals surface area contributed by atoms with Crippen LogP contribution in [0.1, 0.15) is 0 Å². The lowest BCUT2D eigenvalue weighted by molar-refractivity contribution is -0.132. The number of hydrogen-bond acceptors (Lipinski definition) is 3. The third kappa shape index (κ3) is 0.609.